The minimum absolute atomic E-state index is 0.171. The minimum atomic E-state index is -4.37. The van der Waals surface area contributed by atoms with Crippen LogP contribution in [0.4, 0.5) is 13.2 Å². The number of nitrogens with zero attached hydrogens (tertiary/aromatic N) is 1. The molecule has 7 heteroatoms. The molecule has 1 aliphatic heterocycles. The van der Waals surface area contributed by atoms with Crippen LogP contribution < -0.4 is 14.8 Å². The van der Waals surface area contributed by atoms with Crippen molar-refractivity contribution in [1.29, 1.82) is 0 Å². The second-order valence-electron chi connectivity index (χ2n) is 6.64. The molecule has 0 aliphatic carbocycles. The Morgan fingerprint density at radius 2 is 1.71 bits per heavy atom. The Hall–Kier alpha value is -2.25. The zero-order valence-electron chi connectivity index (χ0n) is 15.8. The summed E-state index contributed by atoms with van der Waals surface area (Å²) in [6.07, 6.45) is -4.37. The predicted octanol–water partition coefficient (Wildman–Crippen LogP) is 4.17. The smallest absolute Gasteiger partial charge is 0.408 e. The molecule has 0 unspecified atom stereocenters. The zero-order chi connectivity index (χ0) is 20.0. The van der Waals surface area contributed by atoms with Crippen LogP contribution in [-0.2, 0) is 6.61 Å². The highest BCUT2D eigenvalue weighted by Gasteiger charge is 2.45. The molecule has 1 aliphatic rings. The average Bonchev–Trinajstić information content (AvgIpc) is 2.68. The van der Waals surface area contributed by atoms with Crippen LogP contribution in [0.25, 0.3) is 0 Å². The van der Waals surface area contributed by atoms with Gasteiger partial charge in [-0.25, -0.2) is 0 Å². The molecule has 0 saturated carbocycles. The summed E-state index contributed by atoms with van der Waals surface area (Å²) in [4.78, 5) is 1.46. The van der Waals surface area contributed by atoms with Gasteiger partial charge in [0.25, 0.3) is 0 Å². The van der Waals surface area contributed by atoms with Crippen LogP contribution in [0.1, 0.15) is 24.1 Å². The van der Waals surface area contributed by atoms with Crippen LogP contribution in [0.2, 0.25) is 0 Å². The van der Waals surface area contributed by atoms with E-state index in [2.05, 4.69) is 5.32 Å². The molecular weight excluding hydrogens is 369 g/mol. The molecule has 28 heavy (non-hydrogen) atoms. The average molecular weight is 394 g/mol. The van der Waals surface area contributed by atoms with E-state index in [1.165, 1.54) is 17.0 Å². The van der Waals surface area contributed by atoms with Gasteiger partial charge in [-0.1, -0.05) is 36.4 Å². The fourth-order valence-electron chi connectivity index (χ4n) is 3.36. The number of hydrogen-bond acceptors (Lipinski definition) is 4. The Morgan fingerprint density at radius 3 is 2.36 bits per heavy atom. The number of piperazine rings is 1. The maximum atomic E-state index is 13.8. The minimum Gasteiger partial charge on any atom is -0.490 e. The molecule has 152 valence electrons. The van der Waals surface area contributed by atoms with Crippen molar-refractivity contribution in [2.24, 2.45) is 0 Å². The van der Waals surface area contributed by atoms with Crippen molar-refractivity contribution < 1.29 is 22.6 Å². The van der Waals surface area contributed by atoms with E-state index in [1.54, 1.807) is 13.0 Å². The van der Waals surface area contributed by atoms with Gasteiger partial charge in [0.2, 0.25) is 0 Å². The van der Waals surface area contributed by atoms with E-state index in [-0.39, 0.29) is 5.56 Å². The van der Waals surface area contributed by atoms with Gasteiger partial charge in [0.05, 0.1) is 6.61 Å². The van der Waals surface area contributed by atoms with Gasteiger partial charge in [-0.2, -0.15) is 13.2 Å². The highest BCUT2D eigenvalue weighted by molar-refractivity contribution is 5.44. The lowest BCUT2D eigenvalue weighted by molar-refractivity contribution is -0.187. The highest BCUT2D eigenvalue weighted by Crippen LogP contribution is 2.41. The molecule has 0 radical (unpaired) electrons. The number of rotatable bonds is 7. The molecule has 0 amide bonds. The standard InChI is InChI=1S/C21H25F3N2O2/c1-2-27-19-14-17(20(21(22,23)24)26-12-10-25-11-13-26)8-9-18(19)28-15-16-6-4-3-5-7-16/h3-9,14,20,25H,2,10-13,15H2,1H3/t20-/m1/s1. The van der Waals surface area contributed by atoms with Crippen molar-refractivity contribution in [3.05, 3.63) is 59.7 Å². The third kappa shape index (κ3) is 5.17. The maximum absolute atomic E-state index is 13.8. The lowest BCUT2D eigenvalue weighted by Crippen LogP contribution is -2.49. The molecule has 2 aromatic rings. The third-order valence-corrected chi connectivity index (χ3v) is 4.65. The van der Waals surface area contributed by atoms with Crippen molar-refractivity contribution in [1.82, 2.24) is 10.2 Å². The molecule has 2 aromatic carbocycles. The number of benzene rings is 2. The Labute approximate surface area is 163 Å². The van der Waals surface area contributed by atoms with Crippen molar-refractivity contribution in [3.63, 3.8) is 0 Å². The van der Waals surface area contributed by atoms with E-state index in [4.69, 9.17) is 9.47 Å². The summed E-state index contributed by atoms with van der Waals surface area (Å²) in [5.41, 5.74) is 1.15. The summed E-state index contributed by atoms with van der Waals surface area (Å²) in [6, 6.07) is 12.5. The first-order chi connectivity index (χ1) is 13.5. The Bertz CT molecular complexity index is 747. The number of halogens is 3. The van der Waals surface area contributed by atoms with Gasteiger partial charge in [0, 0.05) is 26.2 Å². The highest BCUT2D eigenvalue weighted by atomic mass is 19.4. The Balaban J connectivity index is 1.85. The molecule has 3 rings (SSSR count). The summed E-state index contributed by atoms with van der Waals surface area (Å²) < 4.78 is 52.9. The van der Waals surface area contributed by atoms with Crippen LogP contribution in [-0.4, -0.2) is 43.9 Å². The Kier molecular flexibility index (Phi) is 6.80. The van der Waals surface area contributed by atoms with E-state index in [0.29, 0.717) is 50.9 Å². The van der Waals surface area contributed by atoms with Crippen LogP contribution >= 0.6 is 0 Å². The van der Waals surface area contributed by atoms with Crippen LogP contribution in [0, 0.1) is 0 Å². The topological polar surface area (TPSA) is 33.7 Å². The SMILES string of the molecule is CCOc1cc([C@@H](N2CCNCC2)C(F)(F)F)ccc1OCc1ccccc1. The van der Waals surface area contributed by atoms with E-state index >= 15 is 0 Å². The summed E-state index contributed by atoms with van der Waals surface area (Å²) in [5.74, 6) is 0.774. The molecule has 0 spiro atoms. The predicted molar refractivity (Wildman–Crippen MR) is 102 cm³/mol. The fourth-order valence-corrected chi connectivity index (χ4v) is 3.36. The molecular formula is C21H25F3N2O2. The van der Waals surface area contributed by atoms with Gasteiger partial charge in [-0.15, -0.1) is 0 Å². The van der Waals surface area contributed by atoms with Gasteiger partial charge in [0.15, 0.2) is 11.5 Å². The van der Waals surface area contributed by atoms with E-state index in [9.17, 15) is 13.2 Å². The van der Waals surface area contributed by atoms with Gasteiger partial charge in [0.1, 0.15) is 12.6 Å². The van der Waals surface area contributed by atoms with Gasteiger partial charge in [-0.05, 0) is 30.2 Å². The van der Waals surface area contributed by atoms with Crippen LogP contribution in [0.5, 0.6) is 11.5 Å². The second-order valence-corrected chi connectivity index (χ2v) is 6.64. The van der Waals surface area contributed by atoms with Crippen molar-refractivity contribution in [2.45, 2.75) is 25.7 Å². The third-order valence-electron chi connectivity index (χ3n) is 4.65. The summed E-state index contributed by atoms with van der Waals surface area (Å²) >= 11 is 0. The molecule has 0 bridgehead atoms. The zero-order valence-corrected chi connectivity index (χ0v) is 15.8. The lowest BCUT2D eigenvalue weighted by atomic mass is 10.0. The van der Waals surface area contributed by atoms with Gasteiger partial charge in [-0.3, -0.25) is 4.90 Å². The molecule has 1 N–H and O–H groups in total. The first-order valence-electron chi connectivity index (χ1n) is 9.44. The molecule has 1 saturated heterocycles. The second kappa shape index (κ2) is 9.30. The number of nitrogens with one attached hydrogen (secondary N) is 1. The van der Waals surface area contributed by atoms with Crippen LogP contribution in [0.15, 0.2) is 48.5 Å². The molecule has 1 heterocycles. The molecule has 4 nitrogen and oxygen atoms in total. The van der Waals surface area contributed by atoms with E-state index in [0.717, 1.165) is 5.56 Å². The van der Waals surface area contributed by atoms with Gasteiger partial charge < -0.3 is 14.8 Å². The number of hydrogen-bond donors (Lipinski definition) is 1. The van der Waals surface area contributed by atoms with Crippen molar-refractivity contribution in [3.8, 4) is 11.5 Å². The van der Waals surface area contributed by atoms with Crippen molar-refractivity contribution >= 4 is 0 Å². The normalized spacial score (nSPS) is 16.6. The molecule has 0 aromatic heterocycles. The van der Waals surface area contributed by atoms with Crippen LogP contribution in [0.3, 0.4) is 0 Å². The number of ether oxygens (including phenoxy) is 2. The molecule has 1 atom stereocenters. The fraction of sp³-hybridized carbons (Fsp3) is 0.429. The maximum Gasteiger partial charge on any atom is 0.408 e. The van der Waals surface area contributed by atoms with E-state index in [1.807, 2.05) is 30.3 Å². The lowest BCUT2D eigenvalue weighted by Gasteiger charge is -2.36. The van der Waals surface area contributed by atoms with E-state index < -0.39 is 12.2 Å². The summed E-state index contributed by atoms with van der Waals surface area (Å²) in [7, 11) is 0. The summed E-state index contributed by atoms with van der Waals surface area (Å²) in [6.45, 7) is 4.24. The quantitative estimate of drug-likeness (QED) is 0.764. The summed E-state index contributed by atoms with van der Waals surface area (Å²) in [5, 5.41) is 3.09. The first-order valence-corrected chi connectivity index (χ1v) is 9.44. The molecule has 1 fully saturated rings. The van der Waals surface area contributed by atoms with Gasteiger partial charge >= 0.3 is 6.18 Å². The number of alkyl halides is 3. The first kappa shape index (κ1) is 20.5. The monoisotopic (exact) mass is 394 g/mol. The Morgan fingerprint density at radius 1 is 1.00 bits per heavy atom. The largest absolute Gasteiger partial charge is 0.490 e. The van der Waals surface area contributed by atoms with Crippen molar-refractivity contribution in [2.75, 3.05) is 32.8 Å².